The van der Waals surface area contributed by atoms with Crippen LogP contribution >= 0.6 is 11.3 Å². The fourth-order valence-corrected chi connectivity index (χ4v) is 4.28. The summed E-state index contributed by atoms with van der Waals surface area (Å²) < 4.78 is 9.74. The highest BCUT2D eigenvalue weighted by Crippen LogP contribution is 2.34. The Hall–Kier alpha value is -4.58. The number of nitrogens with one attached hydrogen (secondary N) is 2. The van der Waals surface area contributed by atoms with Gasteiger partial charge in [0, 0.05) is 23.4 Å². The van der Waals surface area contributed by atoms with Crippen molar-refractivity contribution in [2.24, 2.45) is 0 Å². The third-order valence-electron chi connectivity index (χ3n) is 4.94. The maximum absolute atomic E-state index is 13.0. The van der Waals surface area contributed by atoms with Crippen molar-refractivity contribution in [3.63, 3.8) is 0 Å². The topological polar surface area (TPSA) is 154 Å². The minimum absolute atomic E-state index is 0.00115. The molecule has 0 fully saturated rings. The number of carbonyl (C=O) groups excluding carboxylic acids is 4. The standard InChI is InChI=1S/C24H21N3O8S/c1-4-35-23(30)14-8-10-16(11-9-14)25-21(29)19-13(2)18(24(31)34-3)22(36-19)26-20(28)15-6-5-7-17(12-15)27(32)33/h5-12H,4H2,1-3H3,(H,25,29)(H,26,28). The van der Waals surface area contributed by atoms with Gasteiger partial charge in [0.2, 0.25) is 0 Å². The molecule has 12 heteroatoms. The summed E-state index contributed by atoms with van der Waals surface area (Å²) >= 11 is 0.853. The number of non-ortho nitro benzene ring substituents is 1. The lowest BCUT2D eigenvalue weighted by Crippen LogP contribution is -2.14. The highest BCUT2D eigenvalue weighted by molar-refractivity contribution is 7.19. The molecule has 0 aliphatic carbocycles. The lowest BCUT2D eigenvalue weighted by Gasteiger charge is -2.06. The predicted octanol–water partition coefficient (Wildman–Crippen LogP) is 4.43. The fourth-order valence-electron chi connectivity index (χ4n) is 3.19. The van der Waals surface area contributed by atoms with Crippen LogP contribution in [0.1, 0.15) is 53.2 Å². The number of hydrogen-bond acceptors (Lipinski definition) is 9. The summed E-state index contributed by atoms with van der Waals surface area (Å²) in [5.74, 6) is -2.51. The van der Waals surface area contributed by atoms with E-state index < -0.39 is 28.7 Å². The first kappa shape index (κ1) is 26.0. The molecule has 1 aromatic heterocycles. The van der Waals surface area contributed by atoms with Crippen molar-refractivity contribution in [2.75, 3.05) is 24.4 Å². The number of rotatable bonds is 8. The summed E-state index contributed by atoms with van der Waals surface area (Å²) in [4.78, 5) is 60.5. The van der Waals surface area contributed by atoms with Crippen molar-refractivity contribution in [3.8, 4) is 0 Å². The highest BCUT2D eigenvalue weighted by Gasteiger charge is 2.27. The van der Waals surface area contributed by atoms with Crippen molar-refractivity contribution in [1.82, 2.24) is 0 Å². The number of anilines is 2. The van der Waals surface area contributed by atoms with Crippen molar-refractivity contribution < 1.29 is 33.6 Å². The van der Waals surface area contributed by atoms with Crippen LogP contribution < -0.4 is 10.6 Å². The van der Waals surface area contributed by atoms with Gasteiger partial charge in [-0.1, -0.05) is 6.07 Å². The minimum atomic E-state index is -0.768. The molecule has 0 saturated carbocycles. The number of ether oxygens (including phenoxy) is 2. The van der Waals surface area contributed by atoms with Gasteiger partial charge in [0.25, 0.3) is 17.5 Å². The first-order chi connectivity index (χ1) is 17.2. The zero-order valence-electron chi connectivity index (χ0n) is 19.4. The van der Waals surface area contributed by atoms with Gasteiger partial charge in [0.1, 0.15) is 5.00 Å². The van der Waals surface area contributed by atoms with E-state index in [1.54, 1.807) is 6.92 Å². The van der Waals surface area contributed by atoms with Crippen LogP contribution in [0.25, 0.3) is 0 Å². The van der Waals surface area contributed by atoms with E-state index in [0.717, 1.165) is 24.5 Å². The summed E-state index contributed by atoms with van der Waals surface area (Å²) in [5, 5.41) is 16.3. The number of thiophene rings is 1. The molecule has 0 atom stereocenters. The molecular weight excluding hydrogens is 490 g/mol. The number of carbonyl (C=O) groups is 4. The molecule has 2 N–H and O–H groups in total. The monoisotopic (exact) mass is 511 g/mol. The smallest absolute Gasteiger partial charge is 0.341 e. The Bertz CT molecular complexity index is 1350. The molecule has 36 heavy (non-hydrogen) atoms. The van der Waals surface area contributed by atoms with Crippen molar-refractivity contribution in [2.45, 2.75) is 13.8 Å². The van der Waals surface area contributed by atoms with E-state index >= 15 is 0 Å². The van der Waals surface area contributed by atoms with Crippen LogP contribution in [0, 0.1) is 17.0 Å². The molecule has 0 saturated heterocycles. The number of hydrogen-bond donors (Lipinski definition) is 2. The maximum Gasteiger partial charge on any atom is 0.341 e. The van der Waals surface area contributed by atoms with E-state index in [1.165, 1.54) is 49.4 Å². The quantitative estimate of drug-likeness (QED) is 0.256. The van der Waals surface area contributed by atoms with Gasteiger partial charge in [-0.15, -0.1) is 11.3 Å². The van der Waals surface area contributed by atoms with Crippen molar-refractivity contribution in [1.29, 1.82) is 0 Å². The number of nitro benzene ring substituents is 1. The lowest BCUT2D eigenvalue weighted by molar-refractivity contribution is -0.384. The second kappa shape index (κ2) is 11.2. The largest absolute Gasteiger partial charge is 0.465 e. The fraction of sp³-hybridized carbons (Fsp3) is 0.167. The SMILES string of the molecule is CCOC(=O)c1ccc(NC(=O)c2sc(NC(=O)c3cccc([N+](=O)[O-])c3)c(C(=O)OC)c2C)cc1. The van der Waals surface area contributed by atoms with Gasteiger partial charge >= 0.3 is 11.9 Å². The molecule has 2 aromatic carbocycles. The first-order valence-electron chi connectivity index (χ1n) is 10.5. The zero-order chi connectivity index (χ0) is 26.4. The summed E-state index contributed by atoms with van der Waals surface area (Å²) in [6.07, 6.45) is 0. The van der Waals surface area contributed by atoms with Crippen LogP contribution in [0.4, 0.5) is 16.4 Å². The van der Waals surface area contributed by atoms with Gasteiger partial charge in [0.05, 0.1) is 34.6 Å². The Morgan fingerprint density at radius 1 is 0.972 bits per heavy atom. The van der Waals surface area contributed by atoms with E-state index in [1.807, 2.05) is 0 Å². The Morgan fingerprint density at radius 3 is 2.28 bits per heavy atom. The zero-order valence-corrected chi connectivity index (χ0v) is 20.3. The highest BCUT2D eigenvalue weighted by atomic mass is 32.1. The third kappa shape index (κ3) is 5.73. The molecule has 0 radical (unpaired) electrons. The Morgan fingerprint density at radius 2 is 1.67 bits per heavy atom. The van der Waals surface area contributed by atoms with E-state index in [-0.39, 0.29) is 38.9 Å². The van der Waals surface area contributed by atoms with Gasteiger partial charge in [-0.2, -0.15) is 0 Å². The van der Waals surface area contributed by atoms with Crippen LogP contribution in [0.15, 0.2) is 48.5 Å². The second-order valence-corrected chi connectivity index (χ2v) is 8.29. The number of nitrogens with zero attached hydrogens (tertiary/aromatic N) is 1. The van der Waals surface area contributed by atoms with E-state index in [9.17, 15) is 29.3 Å². The number of esters is 2. The van der Waals surface area contributed by atoms with Crippen LogP contribution in [0.2, 0.25) is 0 Å². The van der Waals surface area contributed by atoms with Gasteiger partial charge in [-0.3, -0.25) is 19.7 Å². The van der Waals surface area contributed by atoms with Crippen LogP contribution in [0.5, 0.6) is 0 Å². The summed E-state index contributed by atoms with van der Waals surface area (Å²) in [6.45, 7) is 3.46. The maximum atomic E-state index is 13.0. The molecule has 186 valence electrons. The van der Waals surface area contributed by atoms with Gasteiger partial charge in [-0.05, 0) is 49.7 Å². The second-order valence-electron chi connectivity index (χ2n) is 7.27. The third-order valence-corrected chi connectivity index (χ3v) is 6.15. The van der Waals surface area contributed by atoms with E-state index in [0.29, 0.717) is 11.3 Å². The van der Waals surface area contributed by atoms with Gasteiger partial charge in [0.15, 0.2) is 0 Å². The molecule has 1 heterocycles. The molecule has 11 nitrogen and oxygen atoms in total. The van der Waals surface area contributed by atoms with Crippen molar-refractivity contribution in [3.05, 3.63) is 85.8 Å². The number of nitro groups is 1. The first-order valence-corrected chi connectivity index (χ1v) is 11.3. The van der Waals surface area contributed by atoms with Gasteiger partial charge in [-0.25, -0.2) is 9.59 Å². The molecule has 0 bridgehead atoms. The van der Waals surface area contributed by atoms with Gasteiger partial charge < -0.3 is 20.1 Å². The van der Waals surface area contributed by atoms with Crippen LogP contribution in [-0.2, 0) is 9.47 Å². The predicted molar refractivity (Wildman–Crippen MR) is 132 cm³/mol. The lowest BCUT2D eigenvalue weighted by atomic mass is 10.1. The summed E-state index contributed by atoms with van der Waals surface area (Å²) in [5.41, 5.74) is 0.709. The molecule has 0 unspecified atom stereocenters. The Labute approximate surface area is 209 Å². The molecule has 2 amide bonds. The summed E-state index contributed by atoms with van der Waals surface area (Å²) in [6, 6.07) is 11.1. The van der Waals surface area contributed by atoms with E-state index in [4.69, 9.17) is 9.47 Å². The molecule has 0 aliphatic rings. The average molecular weight is 512 g/mol. The van der Waals surface area contributed by atoms with Crippen LogP contribution in [-0.4, -0.2) is 42.4 Å². The minimum Gasteiger partial charge on any atom is -0.465 e. The average Bonchev–Trinajstić information content (AvgIpc) is 3.19. The molecule has 3 aromatic rings. The van der Waals surface area contributed by atoms with E-state index in [2.05, 4.69) is 10.6 Å². The number of amides is 2. The Kier molecular flexibility index (Phi) is 8.12. The molecular formula is C24H21N3O8S. The summed E-state index contributed by atoms with van der Waals surface area (Å²) in [7, 11) is 1.16. The normalized spacial score (nSPS) is 10.3. The van der Waals surface area contributed by atoms with Crippen molar-refractivity contribution >= 4 is 51.5 Å². The molecule has 3 rings (SSSR count). The number of benzene rings is 2. The number of methoxy groups -OCH3 is 1. The Balaban J connectivity index is 1.87. The van der Waals surface area contributed by atoms with Crippen LogP contribution in [0.3, 0.4) is 0 Å². The molecule has 0 aliphatic heterocycles. The molecule has 0 spiro atoms.